The Bertz CT molecular complexity index is 481. The summed E-state index contributed by atoms with van der Waals surface area (Å²) in [6.45, 7) is 6.96. The van der Waals surface area contributed by atoms with Crippen molar-refractivity contribution in [2.24, 2.45) is 0 Å². The largest absolute Gasteiger partial charge is 0.311 e. The second-order valence-corrected chi connectivity index (χ2v) is 5.89. The Morgan fingerprint density at radius 1 is 1.53 bits per heavy atom. The Balaban J connectivity index is 2.19. The lowest BCUT2D eigenvalue weighted by atomic mass is 10.1. The first-order valence-electron chi connectivity index (χ1n) is 6.38. The number of nitro groups is 1. The minimum absolute atomic E-state index is 0.133. The monoisotopic (exact) mass is 327 g/mol. The normalized spacial score (nSPS) is 24.4. The first kappa shape index (κ1) is 14.4. The molecule has 1 saturated heterocycles. The smallest absolute Gasteiger partial charge is 0.283 e. The first-order chi connectivity index (χ1) is 8.99. The third-order valence-electron chi connectivity index (χ3n) is 3.52. The van der Waals surface area contributed by atoms with E-state index >= 15 is 0 Å². The molecule has 2 atom stereocenters. The standard InChI is InChI=1S/C13H18BrN3O2/c1-9-7-16(10(2)6-15-9)8-11-4-3-5-12(13(11)14)17(18)19/h3-5,9-10,15H,6-8H2,1-2H3. The van der Waals surface area contributed by atoms with Crippen LogP contribution in [0.2, 0.25) is 0 Å². The van der Waals surface area contributed by atoms with E-state index in [1.165, 1.54) is 6.07 Å². The van der Waals surface area contributed by atoms with Crippen LogP contribution in [0.25, 0.3) is 0 Å². The van der Waals surface area contributed by atoms with Gasteiger partial charge in [-0.15, -0.1) is 0 Å². The highest BCUT2D eigenvalue weighted by molar-refractivity contribution is 9.10. The van der Waals surface area contributed by atoms with E-state index in [1.54, 1.807) is 6.07 Å². The summed E-state index contributed by atoms with van der Waals surface area (Å²) < 4.78 is 0.596. The van der Waals surface area contributed by atoms with Crippen LogP contribution < -0.4 is 5.32 Å². The number of benzene rings is 1. The number of nitrogens with zero attached hydrogens (tertiary/aromatic N) is 2. The van der Waals surface area contributed by atoms with Gasteiger partial charge in [-0.25, -0.2) is 0 Å². The summed E-state index contributed by atoms with van der Waals surface area (Å²) >= 11 is 3.36. The van der Waals surface area contributed by atoms with Gasteiger partial charge in [0.25, 0.3) is 5.69 Å². The van der Waals surface area contributed by atoms with Gasteiger partial charge in [-0.05, 0) is 35.3 Å². The molecule has 0 bridgehead atoms. The van der Waals surface area contributed by atoms with Crippen molar-refractivity contribution in [1.82, 2.24) is 10.2 Å². The summed E-state index contributed by atoms with van der Waals surface area (Å²) in [5, 5.41) is 14.4. The summed E-state index contributed by atoms with van der Waals surface area (Å²) in [5.41, 5.74) is 1.10. The highest BCUT2D eigenvalue weighted by Crippen LogP contribution is 2.29. The molecule has 19 heavy (non-hydrogen) atoms. The molecule has 1 fully saturated rings. The maximum absolute atomic E-state index is 10.9. The van der Waals surface area contributed by atoms with Crippen molar-refractivity contribution in [3.8, 4) is 0 Å². The number of nitrogens with one attached hydrogen (secondary N) is 1. The summed E-state index contributed by atoms with van der Waals surface area (Å²) in [7, 11) is 0. The van der Waals surface area contributed by atoms with Crippen LogP contribution in [0.4, 0.5) is 5.69 Å². The molecule has 0 saturated carbocycles. The molecule has 2 rings (SSSR count). The Morgan fingerprint density at radius 2 is 2.26 bits per heavy atom. The predicted molar refractivity (Wildman–Crippen MR) is 78.1 cm³/mol. The van der Waals surface area contributed by atoms with Crippen LogP contribution in [0.1, 0.15) is 19.4 Å². The quantitative estimate of drug-likeness (QED) is 0.684. The topological polar surface area (TPSA) is 58.4 Å². The molecular weight excluding hydrogens is 310 g/mol. The van der Waals surface area contributed by atoms with Crippen molar-refractivity contribution in [2.45, 2.75) is 32.5 Å². The molecular formula is C13H18BrN3O2. The molecule has 0 radical (unpaired) electrons. The molecule has 2 unspecified atom stereocenters. The van der Waals surface area contributed by atoms with E-state index in [-0.39, 0.29) is 10.6 Å². The van der Waals surface area contributed by atoms with Crippen molar-refractivity contribution < 1.29 is 4.92 Å². The van der Waals surface area contributed by atoms with Gasteiger partial charge in [-0.3, -0.25) is 15.0 Å². The fourth-order valence-corrected chi connectivity index (χ4v) is 2.90. The van der Waals surface area contributed by atoms with Crippen LogP contribution in [0.15, 0.2) is 22.7 Å². The SMILES string of the molecule is CC1CN(Cc2cccc([N+](=O)[O-])c2Br)C(C)CN1. The molecule has 0 spiro atoms. The van der Waals surface area contributed by atoms with Crippen LogP contribution in [0.5, 0.6) is 0 Å². The molecule has 5 nitrogen and oxygen atoms in total. The third-order valence-corrected chi connectivity index (χ3v) is 4.44. The van der Waals surface area contributed by atoms with E-state index in [1.807, 2.05) is 6.07 Å². The minimum atomic E-state index is -0.350. The molecule has 1 aromatic rings. The molecule has 1 aromatic carbocycles. The second-order valence-electron chi connectivity index (χ2n) is 5.10. The van der Waals surface area contributed by atoms with Gasteiger partial charge in [0, 0.05) is 37.8 Å². The molecule has 1 aliphatic heterocycles. The van der Waals surface area contributed by atoms with Gasteiger partial charge < -0.3 is 5.32 Å². The van der Waals surface area contributed by atoms with Crippen molar-refractivity contribution in [3.63, 3.8) is 0 Å². The second kappa shape index (κ2) is 5.98. The lowest BCUT2D eigenvalue weighted by Crippen LogP contribution is -2.53. The van der Waals surface area contributed by atoms with E-state index in [0.717, 1.165) is 25.2 Å². The fraction of sp³-hybridized carbons (Fsp3) is 0.538. The summed E-state index contributed by atoms with van der Waals surface area (Å²) in [6.07, 6.45) is 0. The summed E-state index contributed by atoms with van der Waals surface area (Å²) in [4.78, 5) is 12.9. The van der Waals surface area contributed by atoms with Gasteiger partial charge >= 0.3 is 0 Å². The Morgan fingerprint density at radius 3 is 2.95 bits per heavy atom. The van der Waals surface area contributed by atoms with Crippen LogP contribution in [0, 0.1) is 10.1 Å². The van der Waals surface area contributed by atoms with E-state index in [2.05, 4.69) is 40.0 Å². The fourth-order valence-electron chi connectivity index (χ4n) is 2.37. The molecule has 0 aromatic heterocycles. The highest BCUT2D eigenvalue weighted by atomic mass is 79.9. The molecule has 6 heteroatoms. The van der Waals surface area contributed by atoms with E-state index in [0.29, 0.717) is 16.6 Å². The molecule has 104 valence electrons. The number of hydrogen-bond acceptors (Lipinski definition) is 4. The number of halogens is 1. The van der Waals surface area contributed by atoms with Crippen LogP contribution >= 0.6 is 15.9 Å². The van der Waals surface area contributed by atoms with Crippen LogP contribution in [-0.2, 0) is 6.54 Å². The summed E-state index contributed by atoms with van der Waals surface area (Å²) in [6, 6.07) is 6.10. The lowest BCUT2D eigenvalue weighted by molar-refractivity contribution is -0.385. The average Bonchev–Trinajstić information content (AvgIpc) is 2.36. The van der Waals surface area contributed by atoms with Gasteiger partial charge in [0.1, 0.15) is 0 Å². The molecule has 0 aliphatic carbocycles. The Hall–Kier alpha value is -0.980. The lowest BCUT2D eigenvalue weighted by Gasteiger charge is -2.37. The zero-order valence-electron chi connectivity index (χ0n) is 11.1. The minimum Gasteiger partial charge on any atom is -0.311 e. The maximum atomic E-state index is 10.9. The van der Waals surface area contributed by atoms with Gasteiger partial charge in [0.05, 0.1) is 9.40 Å². The summed E-state index contributed by atoms with van der Waals surface area (Å²) in [5.74, 6) is 0. The zero-order valence-corrected chi connectivity index (χ0v) is 12.7. The zero-order chi connectivity index (χ0) is 14.0. The van der Waals surface area contributed by atoms with Gasteiger partial charge in [0.2, 0.25) is 0 Å². The van der Waals surface area contributed by atoms with E-state index < -0.39 is 0 Å². The van der Waals surface area contributed by atoms with Crippen molar-refractivity contribution in [1.29, 1.82) is 0 Å². The van der Waals surface area contributed by atoms with E-state index in [9.17, 15) is 10.1 Å². The average molecular weight is 328 g/mol. The van der Waals surface area contributed by atoms with E-state index in [4.69, 9.17) is 0 Å². The van der Waals surface area contributed by atoms with Crippen molar-refractivity contribution in [3.05, 3.63) is 38.3 Å². The third kappa shape index (κ3) is 3.32. The Labute approximate surface area is 121 Å². The van der Waals surface area contributed by atoms with Crippen molar-refractivity contribution in [2.75, 3.05) is 13.1 Å². The van der Waals surface area contributed by atoms with Crippen molar-refractivity contribution >= 4 is 21.6 Å². The van der Waals surface area contributed by atoms with Gasteiger partial charge in [-0.2, -0.15) is 0 Å². The number of hydrogen-bond donors (Lipinski definition) is 1. The number of nitro benzene ring substituents is 1. The highest BCUT2D eigenvalue weighted by Gasteiger charge is 2.24. The molecule has 1 N–H and O–H groups in total. The van der Waals surface area contributed by atoms with Crippen LogP contribution in [-0.4, -0.2) is 35.0 Å². The number of rotatable bonds is 3. The Kier molecular flexibility index (Phi) is 4.54. The van der Waals surface area contributed by atoms with Gasteiger partial charge in [-0.1, -0.05) is 12.1 Å². The van der Waals surface area contributed by atoms with Gasteiger partial charge in [0.15, 0.2) is 0 Å². The van der Waals surface area contributed by atoms with Crippen LogP contribution in [0.3, 0.4) is 0 Å². The molecule has 1 heterocycles. The number of piperazine rings is 1. The first-order valence-corrected chi connectivity index (χ1v) is 7.17. The maximum Gasteiger partial charge on any atom is 0.283 e. The molecule has 0 amide bonds. The predicted octanol–water partition coefficient (Wildman–Crippen LogP) is 2.54. The molecule has 1 aliphatic rings.